The average Bonchev–Trinajstić information content (AvgIpc) is 3.44. The highest BCUT2D eigenvalue weighted by molar-refractivity contribution is 7.91. The molecule has 0 unspecified atom stereocenters. The van der Waals surface area contributed by atoms with E-state index in [-0.39, 0.29) is 18.9 Å². The number of aromatic nitrogens is 4. The predicted molar refractivity (Wildman–Crippen MR) is 125 cm³/mol. The van der Waals surface area contributed by atoms with Crippen LogP contribution in [0.1, 0.15) is 18.5 Å². The Balaban J connectivity index is 1.59. The van der Waals surface area contributed by atoms with Gasteiger partial charge in [0.1, 0.15) is 4.21 Å². The summed E-state index contributed by atoms with van der Waals surface area (Å²) in [6, 6.07) is 3.26. The lowest BCUT2D eigenvalue weighted by Gasteiger charge is -2.15. The van der Waals surface area contributed by atoms with Crippen LogP contribution < -0.4 is 5.32 Å². The minimum Gasteiger partial charge on any atom is -0.302 e. The number of aryl methyl sites for hydroxylation is 1. The summed E-state index contributed by atoms with van der Waals surface area (Å²) >= 11 is 7.72. The van der Waals surface area contributed by atoms with E-state index < -0.39 is 10.0 Å². The molecule has 2 N–H and O–H groups in total. The molecule has 3 rings (SSSR count). The van der Waals surface area contributed by atoms with Crippen LogP contribution in [0.5, 0.6) is 0 Å². The molecule has 0 saturated carbocycles. The van der Waals surface area contributed by atoms with Crippen molar-refractivity contribution in [1.29, 1.82) is 0 Å². The van der Waals surface area contributed by atoms with Crippen molar-refractivity contribution in [3.63, 3.8) is 0 Å². The number of anilines is 1. The first kappa shape index (κ1) is 23.5. The van der Waals surface area contributed by atoms with Gasteiger partial charge in [-0.3, -0.25) is 14.5 Å². The summed E-state index contributed by atoms with van der Waals surface area (Å²) < 4.78 is 28.7. The Kier molecular flexibility index (Phi) is 7.54. The van der Waals surface area contributed by atoms with E-state index >= 15 is 0 Å². The number of thiophene rings is 1. The SMILES string of the molecule is C=CCn1c(-c2sc(NC(=O)CCCN(C)S(=O)(=O)c3cccs3)nc2C)n[nH]c1=S. The minimum absolute atomic E-state index is 0.174. The number of H-pyrrole nitrogens is 1. The molecule has 1 amide bonds. The number of sulfonamides is 1. The summed E-state index contributed by atoms with van der Waals surface area (Å²) in [5.74, 6) is 0.410. The van der Waals surface area contributed by atoms with Gasteiger partial charge in [0.15, 0.2) is 15.7 Å². The highest BCUT2D eigenvalue weighted by Crippen LogP contribution is 2.31. The van der Waals surface area contributed by atoms with Crippen molar-refractivity contribution in [1.82, 2.24) is 24.1 Å². The first-order valence-corrected chi connectivity index (χ1v) is 12.8. The molecule has 3 heterocycles. The Morgan fingerprint density at radius 2 is 2.26 bits per heavy atom. The van der Waals surface area contributed by atoms with Crippen LogP contribution in [0.15, 0.2) is 34.4 Å². The third-order valence-electron chi connectivity index (χ3n) is 4.35. The quantitative estimate of drug-likeness (QED) is 0.326. The summed E-state index contributed by atoms with van der Waals surface area (Å²) in [7, 11) is -2.00. The average molecular weight is 499 g/mol. The standard InChI is InChI=1S/C18H22N6O3S4/c1-4-9-24-16(21-22-18(24)28)15-12(2)19-17(30-15)20-13(25)7-5-10-23(3)31(26,27)14-8-6-11-29-14/h4,6,8,11H,1,5,7,9-10H2,2-3H3,(H,22,28)(H,19,20,25). The van der Waals surface area contributed by atoms with Crippen molar-refractivity contribution >= 4 is 56.0 Å². The van der Waals surface area contributed by atoms with Crippen molar-refractivity contribution in [2.45, 2.75) is 30.5 Å². The number of hydrogen-bond acceptors (Lipinski definition) is 8. The molecule has 0 aromatic carbocycles. The normalized spacial score (nSPS) is 11.7. The highest BCUT2D eigenvalue weighted by atomic mass is 32.2. The van der Waals surface area contributed by atoms with Crippen LogP contribution in [0.3, 0.4) is 0 Å². The second-order valence-electron chi connectivity index (χ2n) is 6.60. The molecule has 166 valence electrons. The van der Waals surface area contributed by atoms with Gasteiger partial charge >= 0.3 is 0 Å². The van der Waals surface area contributed by atoms with Gasteiger partial charge in [0, 0.05) is 26.6 Å². The molecule has 0 radical (unpaired) electrons. The van der Waals surface area contributed by atoms with Gasteiger partial charge in [0.2, 0.25) is 5.91 Å². The Hall–Kier alpha value is -2.19. The minimum atomic E-state index is -3.51. The van der Waals surface area contributed by atoms with Gasteiger partial charge in [-0.15, -0.1) is 17.9 Å². The number of allylic oxidation sites excluding steroid dienone is 1. The van der Waals surface area contributed by atoms with Gasteiger partial charge in [-0.05, 0) is 37.0 Å². The lowest BCUT2D eigenvalue weighted by molar-refractivity contribution is -0.116. The number of thiazole rings is 1. The number of amides is 1. The number of hydrogen-bond donors (Lipinski definition) is 2. The summed E-state index contributed by atoms with van der Waals surface area (Å²) in [4.78, 5) is 17.5. The van der Waals surface area contributed by atoms with Crippen LogP contribution in [-0.2, 0) is 21.4 Å². The summed E-state index contributed by atoms with van der Waals surface area (Å²) in [6.07, 6.45) is 2.29. The van der Waals surface area contributed by atoms with Crippen molar-refractivity contribution in [3.05, 3.63) is 40.6 Å². The van der Waals surface area contributed by atoms with E-state index in [1.807, 2.05) is 6.92 Å². The number of nitrogens with zero attached hydrogens (tertiary/aromatic N) is 4. The molecule has 0 aliphatic heterocycles. The van der Waals surface area contributed by atoms with Crippen LogP contribution in [-0.4, -0.2) is 52.0 Å². The third-order valence-corrected chi connectivity index (χ3v) is 8.96. The molecule has 13 heteroatoms. The number of carbonyl (C=O) groups is 1. The maximum atomic E-state index is 12.4. The summed E-state index contributed by atoms with van der Waals surface area (Å²) in [5.41, 5.74) is 0.724. The van der Waals surface area contributed by atoms with Crippen LogP contribution >= 0.6 is 34.9 Å². The molecule has 0 aliphatic carbocycles. The topological polar surface area (TPSA) is 113 Å². The lowest BCUT2D eigenvalue weighted by atomic mass is 10.3. The van der Waals surface area contributed by atoms with E-state index in [2.05, 4.69) is 27.1 Å². The van der Waals surface area contributed by atoms with Crippen LogP contribution in [0.4, 0.5) is 5.13 Å². The zero-order valence-corrected chi connectivity index (χ0v) is 20.3. The van der Waals surface area contributed by atoms with Crippen molar-refractivity contribution in [2.75, 3.05) is 18.9 Å². The molecule has 0 fully saturated rings. The monoisotopic (exact) mass is 498 g/mol. The number of carbonyl (C=O) groups excluding carboxylic acids is 1. The predicted octanol–water partition coefficient (Wildman–Crippen LogP) is 3.66. The van der Waals surface area contributed by atoms with Gasteiger partial charge < -0.3 is 5.32 Å². The molecule has 0 bridgehead atoms. The highest BCUT2D eigenvalue weighted by Gasteiger charge is 2.22. The molecular weight excluding hydrogens is 477 g/mol. The summed E-state index contributed by atoms with van der Waals surface area (Å²) in [5, 5.41) is 12.0. The van der Waals surface area contributed by atoms with E-state index in [0.29, 0.717) is 32.9 Å². The first-order valence-electron chi connectivity index (χ1n) is 9.27. The van der Waals surface area contributed by atoms with Crippen LogP contribution in [0.25, 0.3) is 10.7 Å². The zero-order valence-electron chi connectivity index (χ0n) is 17.0. The molecule has 0 saturated heterocycles. The second kappa shape index (κ2) is 9.96. The molecule has 3 aromatic heterocycles. The first-order chi connectivity index (χ1) is 14.7. The van der Waals surface area contributed by atoms with E-state index in [1.54, 1.807) is 28.2 Å². The van der Waals surface area contributed by atoms with Gasteiger partial charge in [0.05, 0.1) is 10.6 Å². The Bertz CT molecular complexity index is 1220. The molecule has 0 spiro atoms. The largest absolute Gasteiger partial charge is 0.302 e. The Morgan fingerprint density at radius 1 is 1.48 bits per heavy atom. The van der Waals surface area contributed by atoms with Crippen molar-refractivity contribution in [2.24, 2.45) is 0 Å². The van der Waals surface area contributed by atoms with E-state index in [4.69, 9.17) is 12.2 Å². The Morgan fingerprint density at radius 3 is 2.94 bits per heavy atom. The van der Waals surface area contributed by atoms with Gasteiger partial charge in [0.25, 0.3) is 10.0 Å². The molecule has 31 heavy (non-hydrogen) atoms. The van der Waals surface area contributed by atoms with Gasteiger partial charge in [-0.2, -0.15) is 5.10 Å². The number of nitrogens with one attached hydrogen (secondary N) is 2. The molecule has 0 aliphatic rings. The van der Waals surface area contributed by atoms with Gasteiger partial charge in [-0.1, -0.05) is 23.5 Å². The number of aromatic amines is 1. The summed E-state index contributed by atoms with van der Waals surface area (Å²) in [6.45, 7) is 6.31. The Labute approximate surface area is 193 Å². The van der Waals surface area contributed by atoms with Crippen LogP contribution in [0, 0.1) is 11.7 Å². The second-order valence-corrected chi connectivity index (χ2v) is 11.2. The molecule has 3 aromatic rings. The fraction of sp³-hybridized carbons (Fsp3) is 0.333. The molecule has 0 atom stereocenters. The number of rotatable bonds is 10. The van der Waals surface area contributed by atoms with Crippen molar-refractivity contribution < 1.29 is 13.2 Å². The van der Waals surface area contributed by atoms with E-state index in [9.17, 15) is 13.2 Å². The van der Waals surface area contributed by atoms with Crippen LogP contribution in [0.2, 0.25) is 0 Å². The van der Waals surface area contributed by atoms with E-state index in [1.165, 1.54) is 34.0 Å². The van der Waals surface area contributed by atoms with E-state index in [0.717, 1.165) is 10.6 Å². The van der Waals surface area contributed by atoms with Gasteiger partial charge in [-0.25, -0.2) is 17.7 Å². The smallest absolute Gasteiger partial charge is 0.252 e. The molecular formula is C18H22N6O3S4. The fourth-order valence-electron chi connectivity index (χ4n) is 2.77. The molecule has 9 nitrogen and oxygen atoms in total. The maximum absolute atomic E-state index is 12.4. The lowest BCUT2D eigenvalue weighted by Crippen LogP contribution is -2.28. The zero-order chi connectivity index (χ0) is 22.6. The fourth-order valence-corrected chi connectivity index (χ4v) is 6.37. The van der Waals surface area contributed by atoms with Crippen molar-refractivity contribution in [3.8, 4) is 10.7 Å². The maximum Gasteiger partial charge on any atom is 0.252 e. The third kappa shape index (κ3) is 5.36.